The minimum absolute atomic E-state index is 0.261. The molecule has 1 aromatic heterocycles. The first kappa shape index (κ1) is 9.31. The molecule has 1 aromatic rings. The number of carbonyl (C=O) groups is 1. The smallest absolute Gasteiger partial charge is 0.251 e. The molecule has 3 N–H and O–H groups in total. The number of anilines is 1. The summed E-state index contributed by atoms with van der Waals surface area (Å²) in [5.41, 5.74) is 0.483. The number of aromatic nitrogens is 1. The van der Waals surface area contributed by atoms with Gasteiger partial charge in [-0.15, -0.1) is 0 Å². The van der Waals surface area contributed by atoms with Crippen molar-refractivity contribution < 1.29 is 9.90 Å². The summed E-state index contributed by atoms with van der Waals surface area (Å²) in [6.45, 7) is 1.82. The Bertz CT molecular complexity index is 370. The van der Waals surface area contributed by atoms with Crippen LogP contribution in [-0.2, 0) is 11.2 Å². The molecule has 0 saturated carbocycles. The molecule has 0 bridgehead atoms. The molecule has 0 atom stereocenters. The van der Waals surface area contributed by atoms with Gasteiger partial charge in [-0.05, 0) is 12.0 Å². The van der Waals surface area contributed by atoms with Crippen LogP contribution in [0.3, 0.4) is 0 Å². The Labute approximate surface area is 74.4 Å². The van der Waals surface area contributed by atoms with Gasteiger partial charge in [-0.2, -0.15) is 0 Å². The predicted molar refractivity (Wildman–Crippen MR) is 47.8 cm³/mol. The molecule has 0 aliphatic rings. The highest BCUT2D eigenvalue weighted by Gasteiger charge is 2.07. The second-order valence-electron chi connectivity index (χ2n) is 2.50. The number of aromatic hydroxyl groups is 1. The van der Waals surface area contributed by atoms with Crippen LogP contribution in [0.4, 0.5) is 5.69 Å². The molecule has 5 heteroatoms. The molecule has 1 amide bonds. The average molecular weight is 182 g/mol. The van der Waals surface area contributed by atoms with Crippen molar-refractivity contribution in [2.75, 3.05) is 5.32 Å². The van der Waals surface area contributed by atoms with Crippen LogP contribution in [0.1, 0.15) is 12.5 Å². The van der Waals surface area contributed by atoms with E-state index < -0.39 is 0 Å². The third-order valence-corrected chi connectivity index (χ3v) is 1.69. The van der Waals surface area contributed by atoms with E-state index in [2.05, 4.69) is 10.3 Å². The van der Waals surface area contributed by atoms with Crippen LogP contribution < -0.4 is 10.9 Å². The topological polar surface area (TPSA) is 82.2 Å². The molecule has 70 valence electrons. The van der Waals surface area contributed by atoms with Gasteiger partial charge >= 0.3 is 0 Å². The van der Waals surface area contributed by atoms with Gasteiger partial charge in [-0.3, -0.25) is 14.6 Å². The summed E-state index contributed by atoms with van der Waals surface area (Å²) in [7, 11) is 0. The second kappa shape index (κ2) is 3.75. The molecule has 13 heavy (non-hydrogen) atoms. The lowest BCUT2D eigenvalue weighted by Gasteiger charge is -2.06. The van der Waals surface area contributed by atoms with Gasteiger partial charge in [0.25, 0.3) is 5.56 Å². The lowest BCUT2D eigenvalue weighted by Crippen LogP contribution is -2.09. The molecule has 0 fully saturated rings. The number of aryl methyl sites for hydroxylation is 1. The van der Waals surface area contributed by atoms with Gasteiger partial charge in [0.05, 0.1) is 0 Å². The molecule has 0 spiro atoms. The van der Waals surface area contributed by atoms with Crippen molar-refractivity contribution in [2.45, 2.75) is 13.3 Å². The maximum atomic E-state index is 10.9. The highest BCUT2D eigenvalue weighted by Crippen LogP contribution is 2.22. The summed E-state index contributed by atoms with van der Waals surface area (Å²) in [5.74, 6) is -0.309. The SMILES string of the molecule is CCc1cc(=O)[nH]c(O)c1NC=O. The number of hydrogen-bond acceptors (Lipinski definition) is 3. The van der Waals surface area contributed by atoms with E-state index >= 15 is 0 Å². The van der Waals surface area contributed by atoms with Crippen LogP contribution in [0.5, 0.6) is 5.88 Å². The summed E-state index contributed by atoms with van der Waals surface area (Å²) in [5, 5.41) is 11.6. The van der Waals surface area contributed by atoms with E-state index in [1.165, 1.54) is 6.07 Å². The first-order valence-corrected chi connectivity index (χ1v) is 3.84. The van der Waals surface area contributed by atoms with Crippen molar-refractivity contribution in [3.63, 3.8) is 0 Å². The van der Waals surface area contributed by atoms with Crippen LogP contribution >= 0.6 is 0 Å². The lowest BCUT2D eigenvalue weighted by atomic mass is 10.2. The van der Waals surface area contributed by atoms with Crippen molar-refractivity contribution in [1.29, 1.82) is 0 Å². The van der Waals surface area contributed by atoms with Gasteiger partial charge in [-0.1, -0.05) is 6.92 Å². The Balaban J connectivity index is 3.28. The molecular weight excluding hydrogens is 172 g/mol. The lowest BCUT2D eigenvalue weighted by molar-refractivity contribution is -0.105. The third kappa shape index (κ3) is 1.87. The van der Waals surface area contributed by atoms with Crippen molar-refractivity contribution in [3.05, 3.63) is 22.0 Å². The first-order chi connectivity index (χ1) is 6.19. The maximum absolute atomic E-state index is 10.9. The number of hydrogen-bond donors (Lipinski definition) is 3. The predicted octanol–water partition coefficient (Wildman–Crippen LogP) is 0.211. The standard InChI is InChI=1S/C8H10N2O3/c1-2-5-3-6(12)10-8(13)7(5)9-4-11/h3-4H,2H2,1H3,(H,9,11)(H2,10,12,13). The van der Waals surface area contributed by atoms with E-state index in [9.17, 15) is 14.7 Å². The zero-order valence-corrected chi connectivity index (χ0v) is 7.13. The quantitative estimate of drug-likeness (QED) is 0.584. The van der Waals surface area contributed by atoms with Crippen molar-refractivity contribution in [1.82, 2.24) is 4.98 Å². The number of aromatic amines is 1. The minimum atomic E-state index is -0.384. The Morgan fingerprint density at radius 2 is 2.38 bits per heavy atom. The van der Waals surface area contributed by atoms with E-state index in [-0.39, 0.29) is 17.1 Å². The first-order valence-electron chi connectivity index (χ1n) is 3.84. The van der Waals surface area contributed by atoms with Gasteiger partial charge in [0.15, 0.2) is 0 Å². The van der Waals surface area contributed by atoms with Crippen molar-refractivity contribution >= 4 is 12.1 Å². The molecule has 0 aliphatic heterocycles. The summed E-state index contributed by atoms with van der Waals surface area (Å²) in [6.07, 6.45) is 1.01. The summed E-state index contributed by atoms with van der Waals surface area (Å²) >= 11 is 0. The van der Waals surface area contributed by atoms with Gasteiger partial charge in [0.1, 0.15) is 5.69 Å². The van der Waals surface area contributed by atoms with Crippen LogP contribution in [0.2, 0.25) is 0 Å². The zero-order valence-electron chi connectivity index (χ0n) is 7.13. The van der Waals surface area contributed by atoms with E-state index in [4.69, 9.17) is 0 Å². The zero-order chi connectivity index (χ0) is 9.84. The largest absolute Gasteiger partial charge is 0.493 e. The summed E-state index contributed by atoms with van der Waals surface area (Å²) < 4.78 is 0. The molecule has 0 radical (unpaired) electrons. The average Bonchev–Trinajstić information content (AvgIpc) is 2.09. The Morgan fingerprint density at radius 3 is 2.92 bits per heavy atom. The van der Waals surface area contributed by atoms with E-state index in [1.54, 1.807) is 0 Å². The summed E-state index contributed by atoms with van der Waals surface area (Å²) in [4.78, 5) is 23.2. The van der Waals surface area contributed by atoms with Gasteiger partial charge in [-0.25, -0.2) is 0 Å². The highest BCUT2D eigenvalue weighted by atomic mass is 16.3. The number of H-pyrrole nitrogens is 1. The molecule has 0 unspecified atom stereocenters. The van der Waals surface area contributed by atoms with Gasteiger partial charge < -0.3 is 10.4 Å². The fraction of sp³-hybridized carbons (Fsp3) is 0.250. The number of pyridine rings is 1. The fourth-order valence-corrected chi connectivity index (χ4v) is 1.10. The van der Waals surface area contributed by atoms with Crippen LogP contribution in [0.25, 0.3) is 0 Å². The van der Waals surface area contributed by atoms with Crippen molar-refractivity contribution in [3.8, 4) is 5.88 Å². The van der Waals surface area contributed by atoms with E-state index in [0.29, 0.717) is 18.4 Å². The van der Waals surface area contributed by atoms with Crippen LogP contribution in [-0.4, -0.2) is 16.5 Å². The van der Waals surface area contributed by atoms with E-state index in [1.807, 2.05) is 6.92 Å². The summed E-state index contributed by atoms with van der Waals surface area (Å²) in [6, 6.07) is 1.34. The normalized spacial score (nSPS) is 9.62. The number of carbonyl (C=O) groups excluding carboxylic acids is 1. The molecule has 0 saturated heterocycles. The second-order valence-corrected chi connectivity index (χ2v) is 2.50. The number of amides is 1. The van der Waals surface area contributed by atoms with Crippen LogP contribution in [0, 0.1) is 0 Å². The maximum Gasteiger partial charge on any atom is 0.251 e. The van der Waals surface area contributed by atoms with Crippen molar-refractivity contribution in [2.24, 2.45) is 0 Å². The van der Waals surface area contributed by atoms with Gasteiger partial charge in [0.2, 0.25) is 12.3 Å². The Kier molecular flexibility index (Phi) is 2.69. The Morgan fingerprint density at radius 1 is 1.69 bits per heavy atom. The Hall–Kier alpha value is -1.78. The molecule has 0 aliphatic carbocycles. The minimum Gasteiger partial charge on any atom is -0.493 e. The monoisotopic (exact) mass is 182 g/mol. The molecule has 1 heterocycles. The third-order valence-electron chi connectivity index (χ3n) is 1.69. The van der Waals surface area contributed by atoms with E-state index in [0.717, 1.165) is 0 Å². The van der Waals surface area contributed by atoms with Crippen LogP contribution in [0.15, 0.2) is 10.9 Å². The molecule has 5 nitrogen and oxygen atoms in total. The van der Waals surface area contributed by atoms with Gasteiger partial charge in [0, 0.05) is 6.07 Å². The molecular formula is C8H10N2O3. The fourth-order valence-electron chi connectivity index (χ4n) is 1.10. The number of rotatable bonds is 3. The molecule has 1 rings (SSSR count). The number of nitrogens with one attached hydrogen (secondary N) is 2. The molecule has 0 aromatic carbocycles. The highest BCUT2D eigenvalue weighted by molar-refractivity contribution is 5.76.